The highest BCUT2D eigenvalue weighted by Crippen LogP contribution is 2.36. The molecule has 0 aliphatic carbocycles. The number of H-pyrrole nitrogens is 1. The quantitative estimate of drug-likeness (QED) is 0.357. The van der Waals surface area contributed by atoms with E-state index in [9.17, 15) is 15.0 Å². The fourth-order valence-electron chi connectivity index (χ4n) is 3.67. The molecule has 0 radical (unpaired) electrons. The first-order chi connectivity index (χ1) is 16.3. The second-order valence-corrected chi connectivity index (χ2v) is 8.17. The van der Waals surface area contributed by atoms with Crippen LogP contribution in [0.3, 0.4) is 0 Å². The summed E-state index contributed by atoms with van der Waals surface area (Å²) in [6, 6.07) is 16.0. The molecular weight excluding hydrogens is 432 g/mol. The molecule has 174 valence electrons. The summed E-state index contributed by atoms with van der Waals surface area (Å²) < 4.78 is 5.78. The maximum atomic E-state index is 11.7. The van der Waals surface area contributed by atoms with E-state index in [1.807, 2.05) is 44.4 Å². The minimum absolute atomic E-state index is 0.116. The summed E-state index contributed by atoms with van der Waals surface area (Å²) >= 11 is 0. The first-order valence-electron chi connectivity index (χ1n) is 10.8. The summed E-state index contributed by atoms with van der Waals surface area (Å²) in [7, 11) is 3.99. The van der Waals surface area contributed by atoms with Crippen LogP contribution in [0, 0.1) is 6.92 Å². The SMILES string of the molecule is Cc1c(C(=O)O)cccc1-c1nc(-c2ccc(OCCN(C)C)cc2)[nH]c1-c1ccnc(O)c1. The number of aromatic hydroxyl groups is 1. The average Bonchev–Trinajstić information content (AvgIpc) is 3.24. The summed E-state index contributed by atoms with van der Waals surface area (Å²) in [5, 5.41) is 19.5. The standard InChI is InChI=1S/C26H26N4O4/c1-16-20(5-4-6-21(16)26(32)33)24-23(18-11-12-27-22(31)15-18)28-25(29-24)17-7-9-19(10-8-17)34-14-13-30(2)3/h4-12,15H,13-14H2,1-3H3,(H,27,31)(H,28,29)(H,32,33). The van der Waals surface area contributed by atoms with Gasteiger partial charge in [0, 0.05) is 35.5 Å². The van der Waals surface area contributed by atoms with Gasteiger partial charge in [-0.1, -0.05) is 12.1 Å². The monoisotopic (exact) mass is 458 g/mol. The first kappa shape index (κ1) is 23.0. The Morgan fingerprint density at radius 3 is 2.53 bits per heavy atom. The number of aromatic carboxylic acids is 1. The number of ether oxygens (including phenoxy) is 1. The molecule has 8 heteroatoms. The number of hydrogen-bond donors (Lipinski definition) is 3. The molecule has 4 aromatic rings. The van der Waals surface area contributed by atoms with Crippen LogP contribution in [-0.2, 0) is 0 Å². The third-order valence-electron chi connectivity index (χ3n) is 5.49. The Balaban J connectivity index is 1.77. The molecule has 0 amide bonds. The van der Waals surface area contributed by atoms with Crippen molar-refractivity contribution in [3.8, 4) is 45.5 Å². The fraction of sp³-hybridized carbons (Fsp3) is 0.192. The van der Waals surface area contributed by atoms with Gasteiger partial charge in [0.2, 0.25) is 5.88 Å². The van der Waals surface area contributed by atoms with Gasteiger partial charge in [0.1, 0.15) is 18.2 Å². The number of pyridine rings is 1. The van der Waals surface area contributed by atoms with Crippen molar-refractivity contribution in [2.45, 2.75) is 6.92 Å². The number of likely N-dealkylation sites (N-methyl/N-ethyl adjacent to an activating group) is 1. The van der Waals surface area contributed by atoms with Crippen molar-refractivity contribution in [1.82, 2.24) is 19.9 Å². The Bertz CT molecular complexity index is 1310. The molecule has 0 aliphatic heterocycles. The van der Waals surface area contributed by atoms with E-state index >= 15 is 0 Å². The molecule has 0 bridgehead atoms. The maximum Gasteiger partial charge on any atom is 0.335 e. The highest BCUT2D eigenvalue weighted by atomic mass is 16.5. The minimum Gasteiger partial charge on any atom is -0.493 e. The predicted octanol–water partition coefficient (Wildman–Crippen LogP) is 4.46. The zero-order valence-electron chi connectivity index (χ0n) is 19.2. The molecule has 0 saturated heterocycles. The Labute approximate surface area is 197 Å². The van der Waals surface area contributed by atoms with Gasteiger partial charge in [-0.15, -0.1) is 0 Å². The van der Waals surface area contributed by atoms with Gasteiger partial charge < -0.3 is 24.8 Å². The van der Waals surface area contributed by atoms with Gasteiger partial charge in [-0.25, -0.2) is 14.8 Å². The number of carboxylic acids is 1. The largest absolute Gasteiger partial charge is 0.493 e. The Morgan fingerprint density at radius 1 is 1.09 bits per heavy atom. The predicted molar refractivity (Wildman–Crippen MR) is 130 cm³/mol. The number of nitrogens with one attached hydrogen (secondary N) is 1. The Kier molecular flexibility index (Phi) is 6.60. The van der Waals surface area contributed by atoms with Gasteiger partial charge in [-0.05, 0) is 63.0 Å². The van der Waals surface area contributed by atoms with Crippen LogP contribution in [0.2, 0.25) is 0 Å². The molecule has 3 N–H and O–H groups in total. The van der Waals surface area contributed by atoms with Crippen molar-refractivity contribution in [3.05, 3.63) is 71.9 Å². The highest BCUT2D eigenvalue weighted by Gasteiger charge is 2.20. The molecular formula is C26H26N4O4. The Morgan fingerprint density at radius 2 is 1.85 bits per heavy atom. The Hall–Kier alpha value is -4.17. The molecule has 0 spiro atoms. The van der Waals surface area contributed by atoms with E-state index in [0.29, 0.717) is 40.5 Å². The summed E-state index contributed by atoms with van der Waals surface area (Å²) in [6.45, 7) is 3.17. The minimum atomic E-state index is -0.997. The van der Waals surface area contributed by atoms with Crippen molar-refractivity contribution < 1.29 is 19.7 Å². The summed E-state index contributed by atoms with van der Waals surface area (Å²) in [4.78, 5) is 25.8. The van der Waals surface area contributed by atoms with Crippen LogP contribution in [0.15, 0.2) is 60.8 Å². The number of imidazole rings is 1. The molecule has 4 rings (SSSR count). The lowest BCUT2D eigenvalue weighted by atomic mass is 9.97. The molecule has 34 heavy (non-hydrogen) atoms. The number of nitrogens with zero attached hydrogens (tertiary/aromatic N) is 3. The topological polar surface area (TPSA) is 112 Å². The van der Waals surface area contributed by atoms with Crippen LogP contribution in [-0.4, -0.2) is 63.3 Å². The van der Waals surface area contributed by atoms with Crippen molar-refractivity contribution in [2.24, 2.45) is 0 Å². The van der Waals surface area contributed by atoms with Crippen LogP contribution in [0.5, 0.6) is 11.6 Å². The number of aromatic amines is 1. The number of hydrogen-bond acceptors (Lipinski definition) is 6. The van der Waals surface area contributed by atoms with Crippen LogP contribution in [0.1, 0.15) is 15.9 Å². The van der Waals surface area contributed by atoms with Crippen LogP contribution in [0.4, 0.5) is 0 Å². The summed E-state index contributed by atoms with van der Waals surface area (Å²) in [5.41, 5.74) is 4.29. The summed E-state index contributed by atoms with van der Waals surface area (Å²) in [5.74, 6) is 0.265. The van der Waals surface area contributed by atoms with E-state index in [4.69, 9.17) is 9.72 Å². The number of benzene rings is 2. The van der Waals surface area contributed by atoms with E-state index in [1.165, 1.54) is 6.20 Å². The molecule has 8 nitrogen and oxygen atoms in total. The van der Waals surface area contributed by atoms with Gasteiger partial charge in [-0.3, -0.25) is 0 Å². The van der Waals surface area contributed by atoms with Crippen molar-refractivity contribution in [2.75, 3.05) is 27.2 Å². The number of rotatable bonds is 8. The second kappa shape index (κ2) is 9.76. The fourth-order valence-corrected chi connectivity index (χ4v) is 3.67. The molecule has 0 fully saturated rings. The zero-order chi connectivity index (χ0) is 24.2. The maximum absolute atomic E-state index is 11.7. The van der Waals surface area contributed by atoms with Gasteiger partial charge in [-0.2, -0.15) is 0 Å². The van der Waals surface area contributed by atoms with E-state index in [0.717, 1.165) is 17.9 Å². The van der Waals surface area contributed by atoms with E-state index in [-0.39, 0.29) is 11.4 Å². The van der Waals surface area contributed by atoms with E-state index in [2.05, 4.69) is 14.9 Å². The lowest BCUT2D eigenvalue weighted by molar-refractivity contribution is 0.0696. The second-order valence-electron chi connectivity index (χ2n) is 8.17. The van der Waals surface area contributed by atoms with Crippen LogP contribution in [0.25, 0.3) is 33.9 Å². The molecule has 2 heterocycles. The van der Waals surface area contributed by atoms with Crippen molar-refractivity contribution >= 4 is 5.97 Å². The third kappa shape index (κ3) is 4.92. The third-order valence-corrected chi connectivity index (χ3v) is 5.49. The van der Waals surface area contributed by atoms with Crippen LogP contribution < -0.4 is 4.74 Å². The normalized spacial score (nSPS) is 11.1. The molecule has 2 aromatic heterocycles. The van der Waals surface area contributed by atoms with Gasteiger partial charge in [0.25, 0.3) is 0 Å². The highest BCUT2D eigenvalue weighted by molar-refractivity contribution is 5.93. The van der Waals surface area contributed by atoms with Gasteiger partial charge in [0.15, 0.2) is 0 Å². The van der Waals surface area contributed by atoms with E-state index in [1.54, 1.807) is 31.2 Å². The first-order valence-corrected chi connectivity index (χ1v) is 10.8. The van der Waals surface area contributed by atoms with E-state index < -0.39 is 5.97 Å². The average molecular weight is 459 g/mol. The number of carbonyl (C=O) groups is 1. The molecule has 0 aliphatic rings. The lowest BCUT2D eigenvalue weighted by Gasteiger charge is -2.11. The zero-order valence-corrected chi connectivity index (χ0v) is 19.2. The number of carboxylic acid groups (broad SMARTS) is 1. The molecule has 0 atom stereocenters. The molecule has 0 saturated carbocycles. The summed E-state index contributed by atoms with van der Waals surface area (Å²) in [6.07, 6.45) is 1.51. The number of aromatic nitrogens is 3. The van der Waals surface area contributed by atoms with Gasteiger partial charge >= 0.3 is 5.97 Å². The molecule has 2 aromatic carbocycles. The smallest absolute Gasteiger partial charge is 0.335 e. The van der Waals surface area contributed by atoms with Crippen molar-refractivity contribution in [1.29, 1.82) is 0 Å². The lowest BCUT2D eigenvalue weighted by Crippen LogP contribution is -2.19. The van der Waals surface area contributed by atoms with Crippen molar-refractivity contribution in [3.63, 3.8) is 0 Å². The van der Waals surface area contributed by atoms with Gasteiger partial charge in [0.05, 0.1) is 17.0 Å². The molecule has 0 unspecified atom stereocenters. The van der Waals surface area contributed by atoms with Crippen LogP contribution >= 0.6 is 0 Å².